The van der Waals surface area contributed by atoms with Crippen LogP contribution >= 0.6 is 0 Å². The van der Waals surface area contributed by atoms with Crippen molar-refractivity contribution in [1.82, 2.24) is 0 Å². The molecule has 0 fully saturated rings. The molecule has 0 heterocycles. The molecule has 0 spiro atoms. The molecule has 68 valence electrons. The summed E-state index contributed by atoms with van der Waals surface area (Å²) in [5.74, 6) is 0. The maximum Gasteiger partial charge on any atom is 0.244 e. The van der Waals surface area contributed by atoms with Crippen LogP contribution in [0.5, 0.6) is 0 Å². The van der Waals surface area contributed by atoms with Crippen LogP contribution in [0.2, 0.25) is 0 Å². The van der Waals surface area contributed by atoms with E-state index in [1.165, 1.54) is 0 Å². The minimum absolute atomic E-state index is 0.585. The first kappa shape index (κ1) is 11.1. The van der Waals surface area contributed by atoms with Crippen molar-refractivity contribution in [2.24, 2.45) is 5.73 Å². The normalized spacial score (nSPS) is 12.3. The second-order valence-electron chi connectivity index (χ2n) is 2.26. The molecular weight excluding hydrogens is 162 g/mol. The Hall–Kier alpha value is 0.0569. The number of nitrogens with two attached hydrogens (primary N) is 1. The van der Waals surface area contributed by atoms with Crippen molar-refractivity contribution >= 4 is 10.2 Å². The molecule has 0 aromatic rings. The van der Waals surface area contributed by atoms with Crippen LogP contribution < -0.4 is 5.73 Å². The number of ether oxygens (including phenoxy) is 3. The molecule has 0 unspecified atom stereocenters. The van der Waals surface area contributed by atoms with Gasteiger partial charge in [-0.15, -0.1) is 0 Å². The molecule has 0 aromatic heterocycles. The molecule has 4 nitrogen and oxygen atoms in total. The van der Waals surface area contributed by atoms with E-state index in [0.717, 1.165) is 6.42 Å². The van der Waals surface area contributed by atoms with E-state index in [4.69, 9.17) is 19.9 Å². The molecule has 0 bridgehead atoms. The van der Waals surface area contributed by atoms with Crippen molar-refractivity contribution in [3.05, 3.63) is 0 Å². The van der Waals surface area contributed by atoms with Gasteiger partial charge in [-0.25, -0.2) is 0 Å². The van der Waals surface area contributed by atoms with Crippen LogP contribution in [0.3, 0.4) is 0 Å². The Balaban J connectivity index is 3.51. The lowest BCUT2D eigenvalue weighted by Crippen LogP contribution is -2.38. The highest BCUT2D eigenvalue weighted by molar-refractivity contribution is 6.12. The van der Waals surface area contributed by atoms with Gasteiger partial charge in [-0.1, -0.05) is 0 Å². The summed E-state index contributed by atoms with van der Waals surface area (Å²) in [6, 6.07) is 0. The molecule has 0 atom stereocenters. The van der Waals surface area contributed by atoms with Gasteiger partial charge in [0.05, 0.1) is 6.61 Å². The van der Waals surface area contributed by atoms with Crippen molar-refractivity contribution in [3.63, 3.8) is 0 Å². The van der Waals surface area contributed by atoms with E-state index in [1.54, 1.807) is 14.2 Å². The van der Waals surface area contributed by atoms with Gasteiger partial charge in [-0.2, -0.15) is 0 Å². The Kier molecular flexibility index (Phi) is 5.70. The Morgan fingerprint density at radius 3 is 2.27 bits per heavy atom. The molecule has 11 heavy (non-hydrogen) atoms. The molecular formula is C6H17NO3Si. The van der Waals surface area contributed by atoms with E-state index in [1.807, 2.05) is 0 Å². The maximum atomic E-state index is 5.31. The molecule has 0 aliphatic rings. The summed E-state index contributed by atoms with van der Waals surface area (Å²) >= 11 is 0. The van der Waals surface area contributed by atoms with Gasteiger partial charge in [0.1, 0.15) is 10.2 Å². The molecule has 5 heteroatoms. The van der Waals surface area contributed by atoms with Gasteiger partial charge in [0.25, 0.3) is 0 Å². The van der Waals surface area contributed by atoms with E-state index in [0.29, 0.717) is 23.4 Å². The average molecular weight is 179 g/mol. The third-order valence-electron chi connectivity index (χ3n) is 1.45. The van der Waals surface area contributed by atoms with E-state index in [2.05, 4.69) is 0 Å². The summed E-state index contributed by atoms with van der Waals surface area (Å²) in [7, 11) is 3.82. The van der Waals surface area contributed by atoms with Crippen LogP contribution in [0.4, 0.5) is 0 Å². The molecule has 0 aliphatic heterocycles. The summed E-state index contributed by atoms with van der Waals surface area (Å²) in [6.45, 7) is 1.22. The SMILES string of the molecule is COC([SiH3])(OC)OCCCN. The van der Waals surface area contributed by atoms with Crippen molar-refractivity contribution in [2.75, 3.05) is 27.4 Å². The van der Waals surface area contributed by atoms with E-state index in [9.17, 15) is 0 Å². The molecule has 2 N–H and O–H groups in total. The fourth-order valence-corrected chi connectivity index (χ4v) is 0.746. The Labute approximate surface area is 70.4 Å². The van der Waals surface area contributed by atoms with Gasteiger partial charge >= 0.3 is 0 Å². The molecule has 0 radical (unpaired) electrons. The minimum atomic E-state index is -0.783. The molecule has 0 aromatic carbocycles. The van der Waals surface area contributed by atoms with Crippen LogP contribution in [0.15, 0.2) is 0 Å². The lowest BCUT2D eigenvalue weighted by atomic mass is 10.5. The number of methoxy groups -OCH3 is 2. The van der Waals surface area contributed by atoms with Crippen molar-refractivity contribution in [1.29, 1.82) is 0 Å². The number of hydrogen-bond acceptors (Lipinski definition) is 4. The quantitative estimate of drug-likeness (QED) is 0.310. The third kappa shape index (κ3) is 4.49. The first-order valence-electron chi connectivity index (χ1n) is 3.63. The Morgan fingerprint density at radius 2 is 1.91 bits per heavy atom. The summed E-state index contributed by atoms with van der Waals surface area (Å²) in [6.07, 6.45) is 0.830. The Bertz CT molecular complexity index is 97.8. The van der Waals surface area contributed by atoms with Gasteiger partial charge in [0.2, 0.25) is 5.60 Å². The largest absolute Gasteiger partial charge is 0.336 e. The summed E-state index contributed by atoms with van der Waals surface area (Å²) in [5, 5.41) is 0. The molecule has 0 rings (SSSR count). The van der Waals surface area contributed by atoms with Gasteiger partial charge in [0, 0.05) is 14.2 Å². The maximum absolute atomic E-state index is 5.31. The molecule has 0 aliphatic carbocycles. The van der Waals surface area contributed by atoms with Crippen LogP contribution in [0, 0.1) is 0 Å². The minimum Gasteiger partial charge on any atom is -0.336 e. The van der Waals surface area contributed by atoms with Gasteiger partial charge < -0.3 is 19.9 Å². The van der Waals surface area contributed by atoms with E-state index in [-0.39, 0.29) is 0 Å². The predicted molar refractivity (Wildman–Crippen MR) is 46.3 cm³/mol. The predicted octanol–water partition coefficient (Wildman–Crippen LogP) is -1.38. The number of hydrogen-bond donors (Lipinski definition) is 1. The van der Waals surface area contributed by atoms with Crippen LogP contribution in [0.25, 0.3) is 0 Å². The van der Waals surface area contributed by atoms with Crippen LogP contribution in [-0.4, -0.2) is 43.2 Å². The average Bonchev–Trinajstić information content (AvgIpc) is 2.05. The lowest BCUT2D eigenvalue weighted by molar-refractivity contribution is -0.303. The standard InChI is InChI=1S/C6H17NO3Si/c1-8-6(11,9-2)10-5-3-4-7/h3-5,7H2,1-2,11H3. The smallest absolute Gasteiger partial charge is 0.244 e. The fourth-order valence-electron chi connectivity index (χ4n) is 0.542. The zero-order chi connectivity index (χ0) is 8.74. The first-order valence-corrected chi connectivity index (χ1v) is 4.63. The number of rotatable bonds is 6. The second kappa shape index (κ2) is 5.67. The van der Waals surface area contributed by atoms with E-state index >= 15 is 0 Å². The van der Waals surface area contributed by atoms with Crippen molar-refractivity contribution in [2.45, 2.75) is 12.0 Å². The lowest BCUT2D eigenvalue weighted by Gasteiger charge is -2.26. The van der Waals surface area contributed by atoms with Crippen LogP contribution in [0.1, 0.15) is 6.42 Å². The monoisotopic (exact) mass is 179 g/mol. The van der Waals surface area contributed by atoms with Gasteiger partial charge in [0.15, 0.2) is 0 Å². The zero-order valence-electron chi connectivity index (χ0n) is 7.42. The highest BCUT2D eigenvalue weighted by Crippen LogP contribution is 2.07. The zero-order valence-corrected chi connectivity index (χ0v) is 9.42. The van der Waals surface area contributed by atoms with E-state index < -0.39 is 5.60 Å². The van der Waals surface area contributed by atoms with Crippen molar-refractivity contribution in [3.8, 4) is 0 Å². The Morgan fingerprint density at radius 1 is 1.36 bits per heavy atom. The molecule has 0 saturated heterocycles. The third-order valence-corrected chi connectivity index (χ3v) is 2.56. The summed E-state index contributed by atoms with van der Waals surface area (Å²) in [4.78, 5) is 0. The van der Waals surface area contributed by atoms with Crippen LogP contribution in [-0.2, 0) is 14.2 Å². The highest BCUT2D eigenvalue weighted by atomic mass is 28.1. The molecule has 0 amide bonds. The summed E-state index contributed by atoms with van der Waals surface area (Å²) < 4.78 is 15.3. The highest BCUT2D eigenvalue weighted by Gasteiger charge is 2.21. The van der Waals surface area contributed by atoms with Gasteiger partial charge in [-0.3, -0.25) is 0 Å². The molecule has 0 saturated carbocycles. The topological polar surface area (TPSA) is 53.7 Å². The fraction of sp³-hybridized carbons (Fsp3) is 1.00. The summed E-state index contributed by atoms with van der Waals surface area (Å²) in [5.41, 5.74) is 4.51. The first-order chi connectivity index (χ1) is 5.18. The second-order valence-corrected chi connectivity index (χ2v) is 3.49. The van der Waals surface area contributed by atoms with Gasteiger partial charge in [-0.05, 0) is 13.0 Å². The van der Waals surface area contributed by atoms with Crippen molar-refractivity contribution < 1.29 is 14.2 Å².